The van der Waals surface area contributed by atoms with Gasteiger partial charge in [-0.1, -0.05) is 121 Å². The Hall–Kier alpha value is -10.2. The Morgan fingerprint density at radius 3 is 1.19 bits per heavy atom. The van der Waals surface area contributed by atoms with Crippen LogP contribution in [0.3, 0.4) is 0 Å². The minimum absolute atomic E-state index is 0.193. The molecule has 16 rings (SSSR count). The van der Waals surface area contributed by atoms with Gasteiger partial charge in [-0.05, 0) is 171 Å². The van der Waals surface area contributed by atoms with Gasteiger partial charge < -0.3 is 0 Å². The molecule has 0 saturated heterocycles. The number of hydrogen-bond donors (Lipinski definition) is 0. The zero-order valence-electron chi connectivity index (χ0n) is 56.1. The van der Waals surface area contributed by atoms with Crippen molar-refractivity contribution >= 4 is 85.8 Å². The van der Waals surface area contributed by atoms with Crippen molar-refractivity contribution in [2.24, 2.45) is 28.2 Å². The second-order valence-electron chi connectivity index (χ2n) is 24.7. The van der Waals surface area contributed by atoms with Crippen molar-refractivity contribution in [3.63, 3.8) is 0 Å². The van der Waals surface area contributed by atoms with E-state index < -0.39 is 0 Å². The zero-order valence-corrected chi connectivity index (χ0v) is 59.3. The molecule has 7 aromatic carbocycles. The minimum atomic E-state index is -0.216. The highest BCUT2D eigenvalue weighted by molar-refractivity contribution is 7.22. The lowest BCUT2D eigenvalue weighted by Crippen LogP contribution is -2.32. The molecule has 0 atom stereocenters. The topological polar surface area (TPSA) is 28.4 Å². The van der Waals surface area contributed by atoms with E-state index in [0.29, 0.717) is 22.8 Å². The van der Waals surface area contributed by atoms with Crippen LogP contribution in [0.15, 0.2) is 249 Å². The summed E-state index contributed by atoms with van der Waals surface area (Å²) < 4.78 is 71.2. The van der Waals surface area contributed by atoms with E-state index in [1.54, 1.807) is 75.8 Å². The van der Waals surface area contributed by atoms with Crippen LogP contribution in [0, 0.1) is 64.8 Å². The van der Waals surface area contributed by atoms with Crippen molar-refractivity contribution in [2.45, 2.75) is 41.5 Å². The van der Waals surface area contributed by atoms with Crippen molar-refractivity contribution in [2.75, 3.05) is 0 Å². The number of rotatable bonds is 8. The van der Waals surface area contributed by atoms with Gasteiger partial charge in [-0.2, -0.15) is 35.8 Å². The highest BCUT2D eigenvalue weighted by Crippen LogP contribution is 2.40. The Balaban J connectivity index is 0.000000118. The third-order valence-corrected chi connectivity index (χ3v) is 21.8. The molecule has 0 bridgehead atoms. The first-order chi connectivity index (χ1) is 47.4. The summed E-state index contributed by atoms with van der Waals surface area (Å²) in [6.45, 7) is 12.2. The van der Waals surface area contributed by atoms with Crippen LogP contribution >= 0.6 is 45.3 Å². The monoisotopic (exact) mass is 1370 g/mol. The fourth-order valence-corrected chi connectivity index (χ4v) is 16.9. The Bertz CT molecular complexity index is 5370. The highest BCUT2D eigenvalue weighted by Gasteiger charge is 2.26. The summed E-state index contributed by atoms with van der Waals surface area (Å²) in [5.41, 5.74) is 17.2. The Labute approximate surface area is 585 Å². The fraction of sp³-hybridized carbons (Fsp3) is 0.118. The van der Waals surface area contributed by atoms with Crippen LogP contribution < -0.4 is 18.3 Å². The number of aromatic nitrogens is 5. The second kappa shape index (κ2) is 28.5. The van der Waals surface area contributed by atoms with Crippen molar-refractivity contribution in [3.8, 4) is 88.9 Å². The Morgan fingerprint density at radius 1 is 0.316 bits per heavy atom. The summed E-state index contributed by atoms with van der Waals surface area (Å²) in [6, 6.07) is 69.3. The Kier molecular flexibility index (Phi) is 19.3. The maximum absolute atomic E-state index is 15.0. The molecular weight excluding hydrogens is 1300 g/mol. The lowest BCUT2D eigenvalue weighted by molar-refractivity contribution is -0.661. The van der Waals surface area contributed by atoms with Crippen LogP contribution in [0.5, 0.6) is 0 Å². The lowest BCUT2D eigenvalue weighted by Gasteiger charge is -2.08. The molecule has 0 amide bonds. The number of nitrogens with zero attached hydrogens (tertiary/aromatic N) is 5. The maximum atomic E-state index is 15.0. The number of aryl methyl sites for hydroxylation is 10. The molecule has 9 aromatic heterocycles. The molecule has 0 saturated carbocycles. The molecule has 0 aliphatic carbocycles. The minimum Gasteiger partial charge on any atom is -0.245 e. The summed E-state index contributed by atoms with van der Waals surface area (Å²) in [7, 11) is 7.61. The summed E-state index contributed by atoms with van der Waals surface area (Å²) >= 11 is 6.81. The molecule has 0 unspecified atom stereocenters. The van der Waals surface area contributed by atoms with Crippen molar-refractivity contribution in [3.05, 3.63) is 304 Å². The SMILES string of the molecule is Cc1cc2c(-c3cc(F)c(-c4ccccc4C)[n+](C)c3)cccc2s1.Cc1cc2c(-c3cc(F)c(-c4ccccc4C)[n+](C)c3)ccnc2s1.Cc1ccccc1-c1c(F)cc(-c2cc3ccccc3s2)c[n+]1C.Cc1ccccc1-c1c(F)cc(-c2csc3ccccc23)c[n+]1C. The van der Waals surface area contributed by atoms with E-state index in [1.807, 2.05) is 232 Å². The van der Waals surface area contributed by atoms with Crippen LogP contribution in [-0.2, 0) is 28.2 Å². The summed E-state index contributed by atoms with van der Waals surface area (Å²) in [5.74, 6) is -0.800. The summed E-state index contributed by atoms with van der Waals surface area (Å²) in [6.07, 6.45) is 9.83. The van der Waals surface area contributed by atoms with Gasteiger partial charge in [-0.15, -0.1) is 45.3 Å². The summed E-state index contributed by atoms with van der Waals surface area (Å²) in [5, 5.41) is 6.74. The standard InChI is InChI=1S/C22H19FNS.C21H18FN2S.2C21H17FNS/c1-14-7-4-5-8-17(14)22-20(23)12-16(13-24(22)3)18-9-6-10-21-19(18)11-15(2)25-21;1-13-6-4-5-7-16(13)20-19(22)11-15(12-24(20)3)17-8-9-23-21-18(17)10-14(2)25-21;1-14-7-3-5-9-17(14)21-18(22)11-16(13-23(21)2)20-12-15-8-4-6-10-19(15)24-20;1-14-7-3-4-8-16(14)21-19(22)11-15(12-23(21)2)18-13-24-20-10-6-5-9-17(18)20/h4-13H,1-3H3;4-12H,1-3H3;2*3-13H,1-2H3/q4*+1. The molecule has 0 fully saturated rings. The van der Waals surface area contributed by atoms with Gasteiger partial charge in [0.1, 0.15) is 33.0 Å². The fourth-order valence-electron chi connectivity index (χ4n) is 13.0. The predicted octanol–water partition coefficient (Wildman–Crippen LogP) is 22.0. The van der Waals surface area contributed by atoms with E-state index in [0.717, 1.165) is 98.5 Å². The third-order valence-electron chi connectivity index (χ3n) is 17.7. The zero-order chi connectivity index (χ0) is 68.5. The number of halogens is 4. The highest BCUT2D eigenvalue weighted by atomic mass is 32.1. The van der Waals surface area contributed by atoms with Crippen molar-refractivity contribution < 1.29 is 35.8 Å². The smallest absolute Gasteiger partial charge is 0.245 e. The number of pyridine rings is 5. The van der Waals surface area contributed by atoms with Gasteiger partial charge in [0.2, 0.25) is 22.8 Å². The van der Waals surface area contributed by atoms with Gasteiger partial charge >= 0.3 is 0 Å². The first-order valence-corrected chi connectivity index (χ1v) is 35.5. The normalized spacial score (nSPS) is 11.2. The third kappa shape index (κ3) is 13.6. The second-order valence-corrected chi connectivity index (χ2v) is 29.2. The number of thiophene rings is 4. The molecule has 0 spiro atoms. The average molecular weight is 1370 g/mol. The van der Waals surface area contributed by atoms with Gasteiger partial charge in [0, 0.05) is 73.2 Å². The first-order valence-electron chi connectivity index (χ1n) is 32.2. The van der Waals surface area contributed by atoms with Crippen LogP contribution in [-0.4, -0.2) is 4.98 Å². The summed E-state index contributed by atoms with van der Waals surface area (Å²) in [4.78, 5) is 8.97. The molecular formula is C85H71F4N5S4+4. The molecule has 0 aliphatic heterocycles. The molecule has 484 valence electrons. The quantitative estimate of drug-likeness (QED) is 0.110. The molecule has 0 radical (unpaired) electrons. The Morgan fingerprint density at radius 2 is 0.704 bits per heavy atom. The largest absolute Gasteiger partial charge is 0.248 e. The van der Waals surface area contributed by atoms with Crippen LogP contribution in [0.1, 0.15) is 32.0 Å². The number of fused-ring (bicyclic) bond motifs is 4. The van der Waals surface area contributed by atoms with Crippen molar-refractivity contribution in [1.29, 1.82) is 0 Å². The van der Waals surface area contributed by atoms with E-state index in [2.05, 4.69) is 78.8 Å². The molecule has 9 heterocycles. The van der Waals surface area contributed by atoms with E-state index in [9.17, 15) is 8.78 Å². The molecule has 98 heavy (non-hydrogen) atoms. The van der Waals surface area contributed by atoms with E-state index in [4.69, 9.17) is 0 Å². The number of hydrogen-bond acceptors (Lipinski definition) is 5. The predicted molar refractivity (Wildman–Crippen MR) is 402 cm³/mol. The molecule has 16 aromatic rings. The van der Waals surface area contributed by atoms with E-state index in [1.165, 1.54) is 40.0 Å². The average Bonchev–Trinajstić information content (AvgIpc) is 1.24. The van der Waals surface area contributed by atoms with Crippen LogP contribution in [0.25, 0.3) is 129 Å². The molecule has 13 heteroatoms. The number of benzene rings is 7. The molecule has 0 N–H and O–H groups in total. The lowest BCUT2D eigenvalue weighted by atomic mass is 10.00. The first kappa shape index (κ1) is 66.5. The van der Waals surface area contributed by atoms with Gasteiger partial charge in [0.05, 0.1) is 33.4 Å². The van der Waals surface area contributed by atoms with Crippen LogP contribution in [0.4, 0.5) is 17.6 Å². The van der Waals surface area contributed by atoms with E-state index >= 15 is 8.78 Å². The maximum Gasteiger partial charge on any atom is 0.248 e. The molecule has 0 aliphatic rings. The van der Waals surface area contributed by atoms with Crippen LogP contribution in [0.2, 0.25) is 0 Å². The van der Waals surface area contributed by atoms with Gasteiger partial charge in [-0.25, -0.2) is 4.98 Å². The molecule has 5 nitrogen and oxygen atoms in total. The van der Waals surface area contributed by atoms with Gasteiger partial charge in [0.25, 0.3) is 0 Å². The van der Waals surface area contributed by atoms with Gasteiger partial charge in [0.15, 0.2) is 48.1 Å². The van der Waals surface area contributed by atoms with E-state index in [-0.39, 0.29) is 23.3 Å². The van der Waals surface area contributed by atoms with Crippen molar-refractivity contribution in [1.82, 2.24) is 4.98 Å². The van der Waals surface area contributed by atoms with Gasteiger partial charge in [-0.3, -0.25) is 0 Å².